The van der Waals surface area contributed by atoms with E-state index in [-0.39, 0.29) is 4.75 Å². The zero-order valence-corrected chi connectivity index (χ0v) is 31.2. The normalized spacial score (nSPS) is 16.5. The Morgan fingerprint density at radius 3 is 2.08 bits per heavy atom. The summed E-state index contributed by atoms with van der Waals surface area (Å²) in [6.07, 6.45) is 8.85. The minimum atomic E-state index is -0.300. The van der Waals surface area contributed by atoms with E-state index in [0.717, 1.165) is 12.8 Å². The van der Waals surface area contributed by atoms with Crippen molar-refractivity contribution >= 4 is 93.3 Å². The van der Waals surface area contributed by atoms with Gasteiger partial charge in [0, 0.05) is 32.9 Å². The predicted molar refractivity (Wildman–Crippen MR) is 231 cm³/mol. The molecule has 2 nitrogen and oxygen atoms in total. The lowest BCUT2D eigenvalue weighted by Crippen LogP contribution is -2.14. The van der Waals surface area contributed by atoms with Gasteiger partial charge in [0.1, 0.15) is 0 Å². The highest BCUT2D eigenvalue weighted by atomic mass is 33.1. The van der Waals surface area contributed by atoms with Crippen LogP contribution < -0.4 is 0 Å². The topological polar surface area (TPSA) is 9.86 Å². The van der Waals surface area contributed by atoms with Gasteiger partial charge in [-0.05, 0) is 112 Å². The number of hydrogen-bond donors (Lipinski definition) is 1. The number of para-hydroxylation sites is 1. The van der Waals surface area contributed by atoms with E-state index < -0.39 is 0 Å². The summed E-state index contributed by atoms with van der Waals surface area (Å²) in [5.74, 6) is 0. The van der Waals surface area contributed by atoms with E-state index in [4.69, 9.17) is 11.7 Å². The van der Waals surface area contributed by atoms with Crippen LogP contribution in [0.25, 0.3) is 87.7 Å². The summed E-state index contributed by atoms with van der Waals surface area (Å²) in [5, 5.41) is 10.3. The fourth-order valence-electron chi connectivity index (χ4n) is 9.15. The molecular weight excluding hydrogens is 669 g/mol. The lowest BCUT2D eigenvalue weighted by atomic mass is 9.92. The SMILES string of the molecule is CC.CC1(SS)c2cc3c4c5ccccc5ccc4n(-c4ccc5c(c4)c4ccccc4n5C4=CC=CCC4)c3cc2-c2ccc3ccccc3c21. The van der Waals surface area contributed by atoms with Crippen molar-refractivity contribution in [3.8, 4) is 16.8 Å². The molecule has 52 heavy (non-hydrogen) atoms. The Labute approximate surface area is 312 Å². The molecule has 0 aliphatic heterocycles. The van der Waals surface area contributed by atoms with Crippen LogP contribution in [0.15, 0.2) is 146 Å². The smallest absolute Gasteiger partial charge is 0.0748 e. The second kappa shape index (κ2) is 11.9. The maximum atomic E-state index is 4.97. The molecule has 252 valence electrons. The van der Waals surface area contributed by atoms with Crippen LogP contribution in [0.1, 0.15) is 44.7 Å². The molecule has 11 rings (SSSR count). The van der Waals surface area contributed by atoms with E-state index in [1.54, 1.807) is 10.8 Å². The summed E-state index contributed by atoms with van der Waals surface area (Å²) < 4.78 is 4.68. The van der Waals surface area contributed by atoms with Crippen molar-refractivity contribution in [2.24, 2.45) is 0 Å². The van der Waals surface area contributed by atoms with Crippen LogP contribution in [-0.4, -0.2) is 9.13 Å². The highest BCUT2D eigenvalue weighted by Crippen LogP contribution is 2.59. The lowest BCUT2D eigenvalue weighted by molar-refractivity contribution is 0.887. The van der Waals surface area contributed by atoms with Crippen molar-refractivity contribution < 1.29 is 0 Å². The lowest BCUT2D eigenvalue weighted by Gasteiger charge is -2.25. The fourth-order valence-corrected chi connectivity index (χ4v) is 10.3. The predicted octanol–water partition coefficient (Wildman–Crippen LogP) is 14.2. The van der Waals surface area contributed by atoms with E-state index >= 15 is 0 Å². The van der Waals surface area contributed by atoms with Crippen molar-refractivity contribution in [3.63, 3.8) is 0 Å². The second-order valence-corrected chi connectivity index (χ2v) is 15.5. The Morgan fingerprint density at radius 1 is 0.596 bits per heavy atom. The van der Waals surface area contributed by atoms with Gasteiger partial charge < -0.3 is 9.13 Å². The molecule has 4 heteroatoms. The summed E-state index contributed by atoms with van der Waals surface area (Å²) in [4.78, 5) is 0. The van der Waals surface area contributed by atoms with Gasteiger partial charge in [-0.1, -0.05) is 122 Å². The summed E-state index contributed by atoms with van der Waals surface area (Å²) in [6, 6.07) is 47.7. The molecule has 0 spiro atoms. The monoisotopic (exact) mass is 706 g/mol. The average molecular weight is 707 g/mol. The standard InChI is InChI=1S/C46H32N2S2.C2H6/c1-46(50-49)39-26-38-43(27-36(39)35-22-19-29-12-6-8-16-33(29)45(35)46)48(42-23-20-28-11-5-7-15-32(28)44(38)42)31-21-24-41-37(25-31)34-17-9-10-18-40(34)47(41)30-13-3-2-4-14-30;1-2/h2-3,5-13,15-27,49H,4,14H2,1H3;1-2H3. The molecule has 1 unspecified atom stereocenters. The van der Waals surface area contributed by atoms with Crippen LogP contribution >= 0.6 is 22.5 Å². The van der Waals surface area contributed by atoms with Gasteiger partial charge in [0.05, 0.1) is 26.8 Å². The number of fused-ring (bicyclic) bond motifs is 13. The minimum absolute atomic E-state index is 0.300. The van der Waals surface area contributed by atoms with Gasteiger partial charge in [-0.3, -0.25) is 0 Å². The second-order valence-electron chi connectivity index (χ2n) is 13.9. The molecule has 0 N–H and O–H groups in total. The molecule has 0 saturated carbocycles. The third kappa shape index (κ3) is 4.28. The third-order valence-electron chi connectivity index (χ3n) is 11.4. The van der Waals surface area contributed by atoms with E-state index in [2.05, 4.69) is 162 Å². The Balaban J connectivity index is 0.00000166. The molecule has 0 saturated heterocycles. The number of rotatable bonds is 3. The van der Waals surface area contributed by atoms with Crippen molar-refractivity contribution in [2.75, 3.05) is 0 Å². The Kier molecular flexibility index (Phi) is 7.25. The van der Waals surface area contributed by atoms with Gasteiger partial charge in [-0.25, -0.2) is 0 Å². The van der Waals surface area contributed by atoms with Crippen LogP contribution in [0.4, 0.5) is 0 Å². The summed E-state index contributed by atoms with van der Waals surface area (Å²) in [7, 11) is 1.65. The first-order valence-corrected chi connectivity index (χ1v) is 20.3. The maximum absolute atomic E-state index is 4.97. The summed E-state index contributed by atoms with van der Waals surface area (Å²) in [6.45, 7) is 6.35. The molecule has 2 aliphatic rings. The molecule has 0 fully saturated rings. The number of thiol groups is 1. The maximum Gasteiger partial charge on any atom is 0.0748 e. The van der Waals surface area contributed by atoms with E-state index in [0.29, 0.717) is 0 Å². The first kappa shape index (κ1) is 31.6. The fraction of sp³-hybridized carbons (Fsp3) is 0.125. The van der Waals surface area contributed by atoms with Gasteiger partial charge in [0.25, 0.3) is 0 Å². The highest BCUT2D eigenvalue weighted by Gasteiger charge is 2.41. The third-order valence-corrected chi connectivity index (χ3v) is 13.3. The molecule has 2 aliphatic carbocycles. The number of allylic oxidation sites excluding steroid dienone is 4. The molecule has 9 aromatic rings. The molecule has 2 aromatic heterocycles. The molecule has 0 bridgehead atoms. The van der Waals surface area contributed by atoms with Gasteiger partial charge in [-0.15, -0.1) is 11.7 Å². The number of nitrogens with zero attached hydrogens (tertiary/aromatic N) is 2. The molecule has 2 heterocycles. The number of benzene rings is 7. The Morgan fingerprint density at radius 2 is 1.29 bits per heavy atom. The number of hydrogen-bond acceptors (Lipinski definition) is 2. The molecule has 0 amide bonds. The van der Waals surface area contributed by atoms with Crippen molar-refractivity contribution in [1.82, 2.24) is 9.13 Å². The Bertz CT molecular complexity index is 2990. The van der Waals surface area contributed by atoms with Crippen LogP contribution in [0, 0.1) is 0 Å². The van der Waals surface area contributed by atoms with Crippen molar-refractivity contribution in [2.45, 2.75) is 38.4 Å². The zero-order chi connectivity index (χ0) is 35.1. The van der Waals surface area contributed by atoms with Crippen LogP contribution in [0.2, 0.25) is 0 Å². The molecule has 7 aromatic carbocycles. The zero-order valence-electron chi connectivity index (χ0n) is 29.5. The molecule has 1 atom stereocenters. The number of aromatic nitrogens is 2. The van der Waals surface area contributed by atoms with Crippen LogP contribution in [0.3, 0.4) is 0 Å². The minimum Gasteiger partial charge on any atom is -0.313 e. The van der Waals surface area contributed by atoms with Crippen LogP contribution in [-0.2, 0) is 4.75 Å². The van der Waals surface area contributed by atoms with Gasteiger partial charge in [0.2, 0.25) is 0 Å². The quantitative estimate of drug-likeness (QED) is 0.142. The Hall–Kier alpha value is -5.16. The van der Waals surface area contributed by atoms with E-state index in [1.165, 1.54) is 98.8 Å². The van der Waals surface area contributed by atoms with E-state index in [1.807, 2.05) is 13.8 Å². The van der Waals surface area contributed by atoms with E-state index in [9.17, 15) is 0 Å². The average Bonchev–Trinajstić information content (AvgIpc) is 3.81. The van der Waals surface area contributed by atoms with Gasteiger partial charge in [0.15, 0.2) is 0 Å². The summed E-state index contributed by atoms with van der Waals surface area (Å²) >= 11 is 4.97. The first-order chi connectivity index (χ1) is 25.6. The van der Waals surface area contributed by atoms with Crippen molar-refractivity contribution in [1.29, 1.82) is 0 Å². The largest absolute Gasteiger partial charge is 0.313 e. The van der Waals surface area contributed by atoms with Crippen molar-refractivity contribution in [3.05, 3.63) is 157 Å². The molecule has 0 radical (unpaired) electrons. The first-order valence-electron chi connectivity index (χ1n) is 18.4. The van der Waals surface area contributed by atoms with Gasteiger partial charge >= 0.3 is 0 Å². The van der Waals surface area contributed by atoms with Crippen LogP contribution in [0.5, 0.6) is 0 Å². The highest BCUT2D eigenvalue weighted by molar-refractivity contribution is 8.69. The summed E-state index contributed by atoms with van der Waals surface area (Å²) in [5.41, 5.74) is 12.8. The molecular formula is C48H38N2S2. The van der Waals surface area contributed by atoms with Gasteiger partial charge in [-0.2, -0.15) is 0 Å².